The molecule has 2 atom stereocenters. The normalized spacial score (nSPS) is 16.0. The van der Waals surface area contributed by atoms with E-state index in [0.717, 1.165) is 12.8 Å². The lowest BCUT2D eigenvalue weighted by atomic mass is 10.1. The number of aryl methyl sites for hydroxylation is 1. The summed E-state index contributed by atoms with van der Waals surface area (Å²) in [6.45, 7) is 4.14. The molecule has 6 heteroatoms. The van der Waals surface area contributed by atoms with E-state index in [1.807, 2.05) is 25.1 Å². The minimum atomic E-state index is -0.900. The Morgan fingerprint density at radius 2 is 1.96 bits per heavy atom. The second kappa shape index (κ2) is 8.96. The molecule has 0 spiro atoms. The van der Waals surface area contributed by atoms with Crippen LogP contribution >= 0.6 is 0 Å². The van der Waals surface area contributed by atoms with Crippen molar-refractivity contribution in [2.24, 2.45) is 0 Å². The van der Waals surface area contributed by atoms with E-state index in [0.29, 0.717) is 6.61 Å². The smallest absolute Gasteiger partial charge is 0.377 e. The molecular formula is C18H23NO5. The van der Waals surface area contributed by atoms with Gasteiger partial charge in [0.15, 0.2) is 6.10 Å². The van der Waals surface area contributed by atoms with Gasteiger partial charge in [-0.2, -0.15) is 0 Å². The van der Waals surface area contributed by atoms with Gasteiger partial charge in [-0.15, -0.1) is 0 Å². The third kappa shape index (κ3) is 5.61. The Morgan fingerprint density at radius 3 is 2.62 bits per heavy atom. The van der Waals surface area contributed by atoms with Gasteiger partial charge in [-0.25, -0.2) is 4.79 Å². The van der Waals surface area contributed by atoms with E-state index < -0.39 is 12.1 Å². The highest BCUT2D eigenvalue weighted by molar-refractivity contribution is 5.89. The van der Waals surface area contributed by atoms with E-state index in [1.54, 1.807) is 0 Å². The quantitative estimate of drug-likeness (QED) is 0.772. The van der Waals surface area contributed by atoms with Crippen LogP contribution in [0.3, 0.4) is 0 Å². The van der Waals surface area contributed by atoms with Crippen molar-refractivity contribution in [3.05, 3.63) is 47.9 Å². The lowest BCUT2D eigenvalue weighted by Crippen LogP contribution is -2.41. The standard InChI is InChI=1S/C18H23NO5/c1-13(8-9-15-6-4-3-5-7-15)19-17(20)14(2)24-18(21)16-12-22-10-11-23-16/h3-7,12-14H,8-11H2,1-2H3,(H,19,20)/t13-,14+/m0/s1. The average Bonchev–Trinajstić information content (AvgIpc) is 2.61. The van der Waals surface area contributed by atoms with Gasteiger partial charge >= 0.3 is 5.97 Å². The predicted molar refractivity (Wildman–Crippen MR) is 87.9 cm³/mol. The summed E-state index contributed by atoms with van der Waals surface area (Å²) in [6.07, 6.45) is 1.98. The van der Waals surface area contributed by atoms with Gasteiger partial charge in [0.05, 0.1) is 0 Å². The summed E-state index contributed by atoms with van der Waals surface area (Å²) in [5.74, 6) is -1.05. The highest BCUT2D eigenvalue weighted by Gasteiger charge is 2.23. The summed E-state index contributed by atoms with van der Waals surface area (Å²) in [5, 5.41) is 2.85. The molecule has 1 aromatic rings. The molecule has 0 unspecified atom stereocenters. The van der Waals surface area contributed by atoms with E-state index >= 15 is 0 Å². The molecule has 24 heavy (non-hydrogen) atoms. The second-order valence-electron chi connectivity index (χ2n) is 5.68. The number of carbonyl (C=O) groups excluding carboxylic acids is 2. The molecule has 2 rings (SSSR count). The van der Waals surface area contributed by atoms with Gasteiger partial charge in [0, 0.05) is 6.04 Å². The maximum absolute atomic E-state index is 12.1. The van der Waals surface area contributed by atoms with E-state index in [9.17, 15) is 9.59 Å². The molecule has 0 radical (unpaired) electrons. The molecular weight excluding hydrogens is 310 g/mol. The molecule has 0 aromatic heterocycles. The molecule has 0 saturated heterocycles. The Bertz CT molecular complexity index is 584. The number of carbonyl (C=O) groups is 2. The van der Waals surface area contributed by atoms with E-state index in [1.165, 1.54) is 18.7 Å². The second-order valence-corrected chi connectivity index (χ2v) is 5.68. The largest absolute Gasteiger partial charge is 0.493 e. The summed E-state index contributed by atoms with van der Waals surface area (Å²) in [5.41, 5.74) is 1.22. The number of rotatable bonds is 7. The highest BCUT2D eigenvalue weighted by Crippen LogP contribution is 2.09. The topological polar surface area (TPSA) is 73.9 Å². The monoisotopic (exact) mass is 333 g/mol. The van der Waals surface area contributed by atoms with Crippen LogP contribution in [0, 0.1) is 0 Å². The predicted octanol–water partition coefficient (Wildman–Crippen LogP) is 1.94. The number of hydrogen-bond donors (Lipinski definition) is 1. The van der Waals surface area contributed by atoms with Crippen LogP contribution in [-0.2, 0) is 30.2 Å². The van der Waals surface area contributed by atoms with Crippen LogP contribution in [0.25, 0.3) is 0 Å². The Morgan fingerprint density at radius 1 is 1.21 bits per heavy atom. The Labute approximate surface area is 141 Å². The van der Waals surface area contributed by atoms with Crippen molar-refractivity contribution < 1.29 is 23.8 Å². The molecule has 1 amide bonds. The van der Waals surface area contributed by atoms with Gasteiger partial charge in [0.2, 0.25) is 5.76 Å². The summed E-state index contributed by atoms with van der Waals surface area (Å²) in [6, 6.07) is 10.0. The first-order valence-electron chi connectivity index (χ1n) is 8.06. The van der Waals surface area contributed by atoms with Crippen molar-refractivity contribution in [2.75, 3.05) is 13.2 Å². The lowest BCUT2D eigenvalue weighted by Gasteiger charge is -2.19. The van der Waals surface area contributed by atoms with Gasteiger partial charge in [-0.1, -0.05) is 30.3 Å². The molecule has 0 fully saturated rings. The maximum atomic E-state index is 12.1. The fraction of sp³-hybridized carbons (Fsp3) is 0.444. The number of esters is 1. The number of ether oxygens (including phenoxy) is 3. The number of nitrogens with one attached hydrogen (secondary N) is 1. The average molecular weight is 333 g/mol. The van der Waals surface area contributed by atoms with Crippen molar-refractivity contribution in [3.63, 3.8) is 0 Å². The van der Waals surface area contributed by atoms with E-state index in [2.05, 4.69) is 17.4 Å². The van der Waals surface area contributed by atoms with Crippen molar-refractivity contribution in [2.45, 2.75) is 38.8 Å². The van der Waals surface area contributed by atoms with Crippen LogP contribution < -0.4 is 5.32 Å². The van der Waals surface area contributed by atoms with Crippen LogP contribution in [0.1, 0.15) is 25.8 Å². The zero-order chi connectivity index (χ0) is 17.4. The Kier molecular flexibility index (Phi) is 6.66. The van der Waals surface area contributed by atoms with Crippen molar-refractivity contribution in [1.82, 2.24) is 5.32 Å². The SMILES string of the molecule is C[C@@H](CCc1ccccc1)NC(=O)[C@@H](C)OC(=O)C1=COCCO1. The maximum Gasteiger partial charge on any atom is 0.377 e. The summed E-state index contributed by atoms with van der Waals surface area (Å²) in [4.78, 5) is 23.9. The van der Waals surface area contributed by atoms with Crippen LogP contribution in [0.4, 0.5) is 0 Å². The van der Waals surface area contributed by atoms with Crippen molar-refractivity contribution >= 4 is 11.9 Å². The van der Waals surface area contributed by atoms with E-state index in [-0.39, 0.29) is 24.3 Å². The van der Waals surface area contributed by atoms with E-state index in [4.69, 9.17) is 14.2 Å². The van der Waals surface area contributed by atoms with Crippen LogP contribution in [0.15, 0.2) is 42.4 Å². The zero-order valence-corrected chi connectivity index (χ0v) is 14.0. The molecule has 1 aliphatic rings. The third-order valence-electron chi connectivity index (χ3n) is 3.60. The first kappa shape index (κ1) is 17.8. The zero-order valence-electron chi connectivity index (χ0n) is 14.0. The van der Waals surface area contributed by atoms with Gasteiger partial charge < -0.3 is 19.5 Å². The Hall–Kier alpha value is -2.50. The van der Waals surface area contributed by atoms with Crippen molar-refractivity contribution in [1.29, 1.82) is 0 Å². The molecule has 0 saturated carbocycles. The molecule has 1 heterocycles. The van der Waals surface area contributed by atoms with Gasteiger partial charge in [0.1, 0.15) is 19.5 Å². The molecule has 1 aliphatic heterocycles. The Balaban J connectivity index is 1.74. The summed E-state index contributed by atoms with van der Waals surface area (Å²) >= 11 is 0. The number of benzene rings is 1. The third-order valence-corrected chi connectivity index (χ3v) is 3.60. The first-order chi connectivity index (χ1) is 11.6. The molecule has 0 aliphatic carbocycles. The summed E-state index contributed by atoms with van der Waals surface area (Å²) < 4.78 is 15.2. The van der Waals surface area contributed by atoms with Gasteiger partial charge in [-0.05, 0) is 32.3 Å². The van der Waals surface area contributed by atoms with Crippen LogP contribution in [-0.4, -0.2) is 37.2 Å². The fourth-order valence-corrected chi connectivity index (χ4v) is 2.21. The molecule has 130 valence electrons. The van der Waals surface area contributed by atoms with Crippen LogP contribution in [0.5, 0.6) is 0 Å². The fourth-order valence-electron chi connectivity index (χ4n) is 2.21. The first-order valence-corrected chi connectivity index (χ1v) is 8.06. The van der Waals surface area contributed by atoms with Crippen molar-refractivity contribution in [3.8, 4) is 0 Å². The highest BCUT2D eigenvalue weighted by atomic mass is 16.6. The summed E-state index contributed by atoms with van der Waals surface area (Å²) in [7, 11) is 0. The lowest BCUT2D eigenvalue weighted by molar-refractivity contribution is -0.155. The van der Waals surface area contributed by atoms with Gasteiger partial charge in [0.25, 0.3) is 5.91 Å². The van der Waals surface area contributed by atoms with Gasteiger partial charge in [-0.3, -0.25) is 4.79 Å². The molecule has 6 nitrogen and oxygen atoms in total. The number of hydrogen-bond acceptors (Lipinski definition) is 5. The molecule has 1 aromatic carbocycles. The number of amides is 1. The minimum absolute atomic E-state index is 0.0157. The molecule has 1 N–H and O–H groups in total. The van der Waals surface area contributed by atoms with Crippen LogP contribution in [0.2, 0.25) is 0 Å². The minimum Gasteiger partial charge on any atom is -0.493 e. The molecule has 0 bridgehead atoms.